The molecule has 0 aliphatic carbocycles. The molecule has 0 aromatic rings. The summed E-state index contributed by atoms with van der Waals surface area (Å²) >= 11 is 0. The van der Waals surface area contributed by atoms with Crippen LogP contribution in [0.1, 0.15) is 79.1 Å². The van der Waals surface area contributed by atoms with E-state index in [1.54, 1.807) is 0 Å². The average molecular weight is 538 g/mol. The van der Waals surface area contributed by atoms with Gasteiger partial charge >= 0.3 is 29.3 Å². The van der Waals surface area contributed by atoms with Crippen molar-refractivity contribution in [1.29, 1.82) is 0 Å². The van der Waals surface area contributed by atoms with E-state index in [-0.39, 0.29) is 10.1 Å². The molecule has 18 heteroatoms. The summed E-state index contributed by atoms with van der Waals surface area (Å²) in [4.78, 5) is 0. The van der Waals surface area contributed by atoms with E-state index >= 15 is 0 Å². The summed E-state index contributed by atoms with van der Waals surface area (Å²) in [6, 6.07) is 0. The monoisotopic (exact) mass is 538 g/mol. The Morgan fingerprint density at radius 1 is 0.529 bits per heavy atom. The molecule has 34 heavy (non-hydrogen) atoms. The third-order valence-corrected chi connectivity index (χ3v) is 14.2. The van der Waals surface area contributed by atoms with E-state index in [0.717, 1.165) is 38.0 Å². The highest BCUT2D eigenvalue weighted by Crippen LogP contribution is 2.54. The molecule has 0 rings (SSSR count). The van der Waals surface area contributed by atoms with Crippen molar-refractivity contribution < 1.29 is 59.7 Å². The Morgan fingerprint density at radius 2 is 0.794 bits per heavy atom. The summed E-state index contributed by atoms with van der Waals surface area (Å²) in [6.45, 7) is 8.89. The zero-order valence-corrected chi connectivity index (χ0v) is 22.7. The standard InChI is InChI=1S/C16H38BO3PS.3BH3O3/c1-5-9-13-21(14-10-6-2,20-17(18)19)22(15-11-7-3)16-12-8-4;3*2-1(3)4/h18-19H,5-16H2,1-4H3;3*2-4H. The summed E-state index contributed by atoms with van der Waals surface area (Å²) in [5.41, 5.74) is 0. The first-order valence-electron chi connectivity index (χ1n) is 11.5. The van der Waals surface area contributed by atoms with Gasteiger partial charge in [-0.05, 0) is 49.5 Å². The van der Waals surface area contributed by atoms with Gasteiger partial charge in [0.1, 0.15) is 0 Å². The van der Waals surface area contributed by atoms with Gasteiger partial charge in [0, 0.05) is 6.26 Å². The normalized spacial score (nSPS) is 10.2. The molecular weight excluding hydrogens is 490 g/mol. The van der Waals surface area contributed by atoms with Crippen molar-refractivity contribution in [2.75, 3.05) is 23.8 Å². The molecule has 0 saturated heterocycles. The van der Waals surface area contributed by atoms with E-state index in [1.807, 2.05) is 0 Å². The second-order valence-electron chi connectivity index (χ2n) is 7.02. The van der Waals surface area contributed by atoms with Crippen LogP contribution >= 0.6 is 6.26 Å². The van der Waals surface area contributed by atoms with Crippen LogP contribution in [-0.4, -0.2) is 108 Å². The Hall–Kier alpha value is 0.560. The van der Waals surface area contributed by atoms with Gasteiger partial charge in [0.15, 0.2) is 0 Å². The van der Waals surface area contributed by atoms with Crippen molar-refractivity contribution in [1.82, 2.24) is 0 Å². The van der Waals surface area contributed by atoms with Crippen molar-refractivity contribution in [2.24, 2.45) is 0 Å². The lowest BCUT2D eigenvalue weighted by Gasteiger charge is -2.32. The lowest BCUT2D eigenvalue weighted by Crippen LogP contribution is -2.21. The Balaban J connectivity index is -0.000000307. The van der Waals surface area contributed by atoms with E-state index in [4.69, 9.17) is 49.7 Å². The number of hydrogen-bond donors (Lipinski definition) is 11. The highest BCUT2D eigenvalue weighted by molar-refractivity contribution is 8.31. The van der Waals surface area contributed by atoms with Gasteiger partial charge < -0.3 is 59.7 Å². The maximum atomic E-state index is 9.55. The third-order valence-electron chi connectivity index (χ3n) is 3.93. The molecule has 0 aromatic heterocycles. The molecule has 0 heterocycles. The van der Waals surface area contributed by atoms with Crippen LogP contribution in [0.15, 0.2) is 0 Å². The molecule has 0 aliphatic rings. The fourth-order valence-electron chi connectivity index (χ4n) is 2.56. The Kier molecular flexibility index (Phi) is 36.5. The second-order valence-corrected chi connectivity index (χ2v) is 15.0. The molecular formula is C16H47B4O12PS. The first-order valence-corrected chi connectivity index (χ1v) is 15.7. The van der Waals surface area contributed by atoms with Gasteiger partial charge in [-0.1, -0.05) is 53.4 Å². The van der Waals surface area contributed by atoms with Crippen LogP contribution in [0.3, 0.4) is 0 Å². The number of unbranched alkanes of at least 4 members (excludes halogenated alkanes) is 4. The van der Waals surface area contributed by atoms with Crippen molar-refractivity contribution in [3.8, 4) is 0 Å². The van der Waals surface area contributed by atoms with Crippen LogP contribution in [-0.2, 0) is 14.5 Å². The van der Waals surface area contributed by atoms with Gasteiger partial charge in [-0.15, -0.1) is 0 Å². The predicted octanol–water partition coefficient (Wildman–Crippen LogP) is -1.52. The molecule has 0 fully saturated rings. The Bertz CT molecular complexity index is 421. The molecule has 0 radical (unpaired) electrons. The van der Waals surface area contributed by atoms with Crippen LogP contribution in [0.5, 0.6) is 0 Å². The van der Waals surface area contributed by atoms with Gasteiger partial charge in [0.05, 0.1) is 0 Å². The van der Waals surface area contributed by atoms with Gasteiger partial charge in [0.25, 0.3) is 0 Å². The first kappa shape index (κ1) is 41.7. The summed E-state index contributed by atoms with van der Waals surface area (Å²) in [5.74, 6) is 2.43. The second kappa shape index (κ2) is 29.8. The molecule has 0 bridgehead atoms. The van der Waals surface area contributed by atoms with Gasteiger partial charge in [0.2, 0.25) is 0 Å². The summed E-state index contributed by atoms with van der Waals surface area (Å²) in [6.07, 6.45) is 9.88. The van der Waals surface area contributed by atoms with Crippen LogP contribution in [0.4, 0.5) is 0 Å². The lowest BCUT2D eigenvalue weighted by molar-refractivity contribution is 0.276. The topological polar surface area (TPSA) is 232 Å². The summed E-state index contributed by atoms with van der Waals surface area (Å²) < 4.78 is 5.93. The predicted molar refractivity (Wildman–Crippen MR) is 142 cm³/mol. The zero-order valence-electron chi connectivity index (χ0n) is 21.0. The van der Waals surface area contributed by atoms with Gasteiger partial charge in [-0.25, -0.2) is 0 Å². The number of hydrogen-bond acceptors (Lipinski definition) is 12. The molecule has 0 saturated carbocycles. The van der Waals surface area contributed by atoms with E-state index in [2.05, 4.69) is 27.7 Å². The summed E-state index contributed by atoms with van der Waals surface area (Å²) in [7, 11) is -7.87. The van der Waals surface area contributed by atoms with E-state index in [0.29, 0.717) is 0 Å². The zero-order chi connectivity index (χ0) is 27.6. The fourth-order valence-corrected chi connectivity index (χ4v) is 13.4. The van der Waals surface area contributed by atoms with E-state index in [9.17, 15) is 10.0 Å². The van der Waals surface area contributed by atoms with Crippen molar-refractivity contribution >= 4 is 45.6 Å². The van der Waals surface area contributed by atoms with Gasteiger partial charge in [-0.2, -0.15) is 10.1 Å². The fraction of sp³-hybridized carbons (Fsp3) is 1.00. The van der Waals surface area contributed by atoms with Crippen LogP contribution in [0.2, 0.25) is 0 Å². The van der Waals surface area contributed by atoms with Crippen LogP contribution in [0, 0.1) is 0 Å². The summed E-state index contributed by atoms with van der Waals surface area (Å²) in [5, 5.41) is 83.6. The SMILES string of the molecule is CCCCS(CCCC)=P(CCCC)(CCCC)OB(O)O.OB(O)O.OB(O)O.OB(O)O. The molecule has 11 N–H and O–H groups in total. The molecule has 0 aromatic carbocycles. The molecule has 12 nitrogen and oxygen atoms in total. The minimum Gasteiger partial charge on any atom is -0.402 e. The molecule has 206 valence electrons. The van der Waals surface area contributed by atoms with E-state index < -0.39 is 35.5 Å². The van der Waals surface area contributed by atoms with Crippen molar-refractivity contribution in [2.45, 2.75) is 79.1 Å². The average Bonchev–Trinajstić information content (AvgIpc) is 2.68. The van der Waals surface area contributed by atoms with Crippen LogP contribution in [0.25, 0.3) is 0 Å². The number of rotatable bonds is 14. The highest BCUT2D eigenvalue weighted by atomic mass is 32.5. The molecule has 0 spiro atoms. The highest BCUT2D eigenvalue weighted by Gasteiger charge is 2.27. The lowest BCUT2D eigenvalue weighted by atomic mass is 10.3. The molecule has 0 atom stereocenters. The molecule has 0 unspecified atom stereocenters. The molecule has 0 amide bonds. The smallest absolute Gasteiger partial charge is 0.402 e. The minimum absolute atomic E-state index is 0.225. The molecule has 0 aliphatic heterocycles. The van der Waals surface area contributed by atoms with Gasteiger partial charge in [-0.3, -0.25) is 0 Å². The van der Waals surface area contributed by atoms with Crippen LogP contribution < -0.4 is 0 Å². The Morgan fingerprint density at radius 3 is 1.00 bits per heavy atom. The van der Waals surface area contributed by atoms with Crippen molar-refractivity contribution in [3.05, 3.63) is 0 Å². The Labute approximate surface area is 208 Å². The quantitative estimate of drug-likeness (QED) is 0.0896. The minimum atomic E-state index is -2.17. The maximum absolute atomic E-state index is 9.55. The largest absolute Gasteiger partial charge is 0.637 e. The van der Waals surface area contributed by atoms with E-state index in [1.165, 1.54) is 37.2 Å². The third kappa shape index (κ3) is 37.1. The maximum Gasteiger partial charge on any atom is 0.637 e. The first-order chi connectivity index (χ1) is 15.8. The van der Waals surface area contributed by atoms with Crippen molar-refractivity contribution in [3.63, 3.8) is 0 Å².